The fourth-order valence-electron chi connectivity index (χ4n) is 2.22. The third-order valence-electron chi connectivity index (χ3n) is 3.29. The van der Waals surface area contributed by atoms with Gasteiger partial charge >= 0.3 is 0 Å². The van der Waals surface area contributed by atoms with Gasteiger partial charge in [-0.05, 0) is 32.9 Å². The van der Waals surface area contributed by atoms with Gasteiger partial charge in [-0.2, -0.15) is 0 Å². The topological polar surface area (TPSA) is 19.4 Å². The van der Waals surface area contributed by atoms with E-state index in [0.29, 0.717) is 6.04 Å². The van der Waals surface area contributed by atoms with E-state index in [9.17, 15) is 0 Å². The van der Waals surface area contributed by atoms with Crippen LogP contribution in [0.2, 0.25) is 0 Å². The van der Waals surface area contributed by atoms with Crippen LogP contribution in [0.1, 0.15) is 19.5 Å². The Hall–Kier alpha value is -1.09. The summed E-state index contributed by atoms with van der Waals surface area (Å²) < 4.78 is 0. The first-order valence-corrected chi connectivity index (χ1v) is 6.08. The van der Waals surface area contributed by atoms with E-state index in [-0.39, 0.29) is 0 Å². The molecule has 0 atom stereocenters. The first kappa shape index (κ1) is 11.4. The van der Waals surface area contributed by atoms with Gasteiger partial charge in [-0.1, -0.05) is 0 Å². The van der Waals surface area contributed by atoms with Crippen LogP contribution in [0.15, 0.2) is 18.3 Å². The molecular formula is C13H21N3. The molecule has 3 heteroatoms. The Morgan fingerprint density at radius 2 is 1.88 bits per heavy atom. The van der Waals surface area contributed by atoms with E-state index in [0.717, 1.165) is 18.8 Å². The molecule has 1 aliphatic heterocycles. The molecule has 0 spiro atoms. The van der Waals surface area contributed by atoms with Crippen LogP contribution in [0.3, 0.4) is 0 Å². The van der Waals surface area contributed by atoms with Gasteiger partial charge in [-0.15, -0.1) is 0 Å². The molecule has 0 saturated carbocycles. The molecule has 3 nitrogen and oxygen atoms in total. The van der Waals surface area contributed by atoms with Crippen LogP contribution in [0.5, 0.6) is 0 Å². The summed E-state index contributed by atoms with van der Waals surface area (Å²) in [5.74, 6) is 0. The third-order valence-corrected chi connectivity index (χ3v) is 3.29. The van der Waals surface area contributed by atoms with E-state index < -0.39 is 0 Å². The highest BCUT2D eigenvalue weighted by Gasteiger charge is 2.18. The zero-order valence-electron chi connectivity index (χ0n) is 10.5. The van der Waals surface area contributed by atoms with Gasteiger partial charge in [0, 0.05) is 49.8 Å². The highest BCUT2D eigenvalue weighted by atomic mass is 15.3. The lowest BCUT2D eigenvalue weighted by Crippen LogP contribution is -2.48. The number of hydrogen-bond donors (Lipinski definition) is 0. The lowest BCUT2D eigenvalue weighted by atomic mass is 10.2. The maximum Gasteiger partial charge on any atom is 0.0400 e. The number of pyridine rings is 1. The van der Waals surface area contributed by atoms with Gasteiger partial charge < -0.3 is 4.90 Å². The maximum absolute atomic E-state index is 4.24. The largest absolute Gasteiger partial charge is 0.369 e. The van der Waals surface area contributed by atoms with E-state index in [4.69, 9.17) is 0 Å². The van der Waals surface area contributed by atoms with Crippen molar-refractivity contribution in [1.82, 2.24) is 9.88 Å². The Bertz CT molecular complexity index is 341. The highest BCUT2D eigenvalue weighted by molar-refractivity contribution is 5.46. The van der Waals surface area contributed by atoms with Crippen molar-refractivity contribution in [2.45, 2.75) is 26.8 Å². The molecule has 1 fully saturated rings. The predicted molar refractivity (Wildman–Crippen MR) is 67.9 cm³/mol. The Morgan fingerprint density at radius 1 is 1.19 bits per heavy atom. The smallest absolute Gasteiger partial charge is 0.0400 e. The third kappa shape index (κ3) is 2.53. The molecule has 2 heterocycles. The summed E-state index contributed by atoms with van der Waals surface area (Å²) >= 11 is 0. The SMILES string of the molecule is Cc1cc(N2CCN(C(C)C)CC2)ccn1. The van der Waals surface area contributed by atoms with Gasteiger partial charge in [0.05, 0.1) is 0 Å². The lowest BCUT2D eigenvalue weighted by Gasteiger charge is -2.38. The van der Waals surface area contributed by atoms with Crippen molar-refractivity contribution in [3.8, 4) is 0 Å². The second-order valence-electron chi connectivity index (χ2n) is 4.77. The average molecular weight is 219 g/mol. The molecule has 2 rings (SSSR count). The fourth-order valence-corrected chi connectivity index (χ4v) is 2.22. The molecule has 1 aromatic rings. The summed E-state index contributed by atoms with van der Waals surface area (Å²) in [5, 5.41) is 0. The molecule has 1 saturated heterocycles. The van der Waals surface area contributed by atoms with Crippen molar-refractivity contribution in [1.29, 1.82) is 0 Å². The van der Waals surface area contributed by atoms with E-state index in [2.05, 4.69) is 40.8 Å². The fraction of sp³-hybridized carbons (Fsp3) is 0.615. The standard InChI is InChI=1S/C13H21N3/c1-11(2)15-6-8-16(9-7-15)13-4-5-14-12(3)10-13/h4-5,10-11H,6-9H2,1-3H3. The number of aryl methyl sites for hydroxylation is 1. The number of anilines is 1. The van der Waals surface area contributed by atoms with Crippen LogP contribution in [-0.2, 0) is 0 Å². The van der Waals surface area contributed by atoms with Crippen molar-refractivity contribution in [3.05, 3.63) is 24.0 Å². The summed E-state index contributed by atoms with van der Waals surface area (Å²) in [6.45, 7) is 11.2. The van der Waals surface area contributed by atoms with Crippen LogP contribution in [0.4, 0.5) is 5.69 Å². The minimum absolute atomic E-state index is 0.668. The maximum atomic E-state index is 4.24. The highest BCUT2D eigenvalue weighted by Crippen LogP contribution is 2.17. The first-order chi connectivity index (χ1) is 7.66. The predicted octanol–water partition coefficient (Wildman–Crippen LogP) is 1.92. The van der Waals surface area contributed by atoms with E-state index >= 15 is 0 Å². The Balaban J connectivity index is 1.99. The second kappa shape index (κ2) is 4.83. The monoisotopic (exact) mass is 219 g/mol. The molecule has 0 bridgehead atoms. The van der Waals surface area contributed by atoms with Crippen LogP contribution < -0.4 is 4.90 Å². The Kier molecular flexibility index (Phi) is 3.44. The normalized spacial score (nSPS) is 18.1. The minimum atomic E-state index is 0.668. The Morgan fingerprint density at radius 3 is 2.44 bits per heavy atom. The van der Waals surface area contributed by atoms with Crippen molar-refractivity contribution in [3.63, 3.8) is 0 Å². The van der Waals surface area contributed by atoms with Gasteiger partial charge in [0.1, 0.15) is 0 Å². The molecule has 0 aromatic carbocycles. The molecular weight excluding hydrogens is 198 g/mol. The van der Waals surface area contributed by atoms with Crippen LogP contribution in [-0.4, -0.2) is 42.1 Å². The number of aromatic nitrogens is 1. The van der Waals surface area contributed by atoms with E-state index in [1.165, 1.54) is 18.8 Å². The van der Waals surface area contributed by atoms with Gasteiger partial charge in [-0.25, -0.2) is 0 Å². The molecule has 1 aromatic heterocycles. The Labute approximate surface area is 98.1 Å². The van der Waals surface area contributed by atoms with Gasteiger partial charge in [0.25, 0.3) is 0 Å². The van der Waals surface area contributed by atoms with Crippen molar-refractivity contribution < 1.29 is 0 Å². The van der Waals surface area contributed by atoms with Crippen LogP contribution in [0, 0.1) is 6.92 Å². The zero-order chi connectivity index (χ0) is 11.5. The summed E-state index contributed by atoms with van der Waals surface area (Å²) in [7, 11) is 0. The molecule has 1 aliphatic rings. The molecule has 0 amide bonds. The van der Waals surface area contributed by atoms with Crippen LogP contribution >= 0.6 is 0 Å². The average Bonchev–Trinajstić information content (AvgIpc) is 2.29. The number of rotatable bonds is 2. The van der Waals surface area contributed by atoms with Gasteiger partial charge in [-0.3, -0.25) is 9.88 Å². The van der Waals surface area contributed by atoms with E-state index in [1.807, 2.05) is 13.1 Å². The van der Waals surface area contributed by atoms with E-state index in [1.54, 1.807) is 0 Å². The molecule has 16 heavy (non-hydrogen) atoms. The second-order valence-corrected chi connectivity index (χ2v) is 4.77. The summed E-state index contributed by atoms with van der Waals surface area (Å²) in [5.41, 5.74) is 2.42. The zero-order valence-corrected chi connectivity index (χ0v) is 10.5. The quantitative estimate of drug-likeness (QED) is 0.757. The number of nitrogens with zero attached hydrogens (tertiary/aromatic N) is 3. The van der Waals surface area contributed by atoms with Crippen molar-refractivity contribution in [2.75, 3.05) is 31.1 Å². The van der Waals surface area contributed by atoms with Gasteiger partial charge in [0.2, 0.25) is 0 Å². The molecule has 0 unspecified atom stereocenters. The summed E-state index contributed by atoms with van der Waals surface area (Å²) in [4.78, 5) is 9.22. The summed E-state index contributed by atoms with van der Waals surface area (Å²) in [6.07, 6.45) is 1.90. The molecule has 0 aliphatic carbocycles. The summed E-state index contributed by atoms with van der Waals surface area (Å²) in [6, 6.07) is 4.95. The lowest BCUT2D eigenvalue weighted by molar-refractivity contribution is 0.209. The van der Waals surface area contributed by atoms with Crippen molar-refractivity contribution in [2.24, 2.45) is 0 Å². The number of hydrogen-bond acceptors (Lipinski definition) is 3. The van der Waals surface area contributed by atoms with Crippen molar-refractivity contribution >= 4 is 5.69 Å². The minimum Gasteiger partial charge on any atom is -0.369 e. The van der Waals surface area contributed by atoms with Crippen LogP contribution in [0.25, 0.3) is 0 Å². The molecule has 88 valence electrons. The number of piperazine rings is 1. The molecule has 0 N–H and O–H groups in total. The first-order valence-electron chi connectivity index (χ1n) is 6.08. The van der Waals surface area contributed by atoms with Gasteiger partial charge in [0.15, 0.2) is 0 Å². The molecule has 0 radical (unpaired) electrons.